The number of rotatable bonds is 6. The molecule has 2 aliphatic heterocycles. The van der Waals surface area contributed by atoms with E-state index in [1.54, 1.807) is 0 Å². The highest BCUT2D eigenvalue weighted by Gasteiger charge is 2.29. The minimum Gasteiger partial charge on any atom is -0.335 e. The highest BCUT2D eigenvalue weighted by molar-refractivity contribution is 5.95. The molecule has 0 saturated carbocycles. The van der Waals surface area contributed by atoms with Crippen LogP contribution in [-0.2, 0) is 11.2 Å². The van der Waals surface area contributed by atoms with Gasteiger partial charge in [0.15, 0.2) is 0 Å². The van der Waals surface area contributed by atoms with E-state index in [1.807, 2.05) is 6.08 Å². The molecule has 3 heteroatoms. The Hall–Kier alpha value is -1.61. The summed E-state index contributed by atoms with van der Waals surface area (Å²) in [5.41, 5.74) is 3.59. The smallest absolute Gasteiger partial charge is 0.247 e. The second-order valence-corrected chi connectivity index (χ2v) is 8.81. The molecule has 0 aromatic heterocycles. The van der Waals surface area contributed by atoms with Gasteiger partial charge < -0.3 is 9.80 Å². The first-order valence-electron chi connectivity index (χ1n) is 10.8. The maximum absolute atomic E-state index is 12.9. The van der Waals surface area contributed by atoms with Gasteiger partial charge in [-0.2, -0.15) is 0 Å². The van der Waals surface area contributed by atoms with Crippen molar-refractivity contribution in [2.75, 3.05) is 26.2 Å². The lowest BCUT2D eigenvalue weighted by atomic mass is 9.99. The lowest BCUT2D eigenvalue weighted by Gasteiger charge is -2.32. The molecule has 0 spiro atoms. The maximum Gasteiger partial charge on any atom is 0.247 e. The molecule has 0 aliphatic carbocycles. The number of piperidine rings is 1. The van der Waals surface area contributed by atoms with Crippen molar-refractivity contribution in [1.82, 2.24) is 9.80 Å². The molecule has 2 aliphatic rings. The first-order chi connectivity index (χ1) is 13.0. The average molecular weight is 369 g/mol. The van der Waals surface area contributed by atoms with Gasteiger partial charge in [0, 0.05) is 25.2 Å². The lowest BCUT2D eigenvalue weighted by molar-refractivity contribution is -0.127. The zero-order valence-electron chi connectivity index (χ0n) is 17.4. The summed E-state index contributed by atoms with van der Waals surface area (Å²) >= 11 is 0. The number of allylic oxidation sites excluding steroid dienone is 1. The molecule has 3 nitrogen and oxygen atoms in total. The summed E-state index contributed by atoms with van der Waals surface area (Å²) in [6.07, 6.45) is 9.24. The highest BCUT2D eigenvalue weighted by atomic mass is 16.2. The van der Waals surface area contributed by atoms with Crippen molar-refractivity contribution < 1.29 is 4.79 Å². The summed E-state index contributed by atoms with van der Waals surface area (Å²) in [7, 11) is 0. The summed E-state index contributed by atoms with van der Waals surface area (Å²) < 4.78 is 0. The topological polar surface area (TPSA) is 23.6 Å². The van der Waals surface area contributed by atoms with E-state index in [0.29, 0.717) is 12.0 Å². The quantitative estimate of drug-likeness (QED) is 0.676. The molecule has 1 aromatic rings. The van der Waals surface area contributed by atoms with Gasteiger partial charge in [0.2, 0.25) is 5.91 Å². The molecule has 27 heavy (non-hydrogen) atoms. The van der Waals surface area contributed by atoms with Crippen LogP contribution in [0.1, 0.15) is 64.0 Å². The fraction of sp³-hybridized carbons (Fsp3) is 0.625. The van der Waals surface area contributed by atoms with Crippen molar-refractivity contribution in [1.29, 1.82) is 0 Å². The molecule has 1 aromatic carbocycles. The zero-order valence-corrected chi connectivity index (χ0v) is 17.4. The van der Waals surface area contributed by atoms with E-state index in [-0.39, 0.29) is 5.91 Å². The number of hydrogen-bond acceptors (Lipinski definition) is 2. The van der Waals surface area contributed by atoms with Crippen LogP contribution in [0.3, 0.4) is 0 Å². The number of hydrogen-bond donors (Lipinski definition) is 0. The molecule has 0 bridgehead atoms. The Kier molecular flexibility index (Phi) is 7.12. The Morgan fingerprint density at radius 2 is 1.78 bits per heavy atom. The van der Waals surface area contributed by atoms with Gasteiger partial charge in [-0.25, -0.2) is 0 Å². The SMILES string of the molecule is C/C(=C/C(=O)N1CCC[C@H]1CN1CCCCC1)c1ccc(CC(C)C)cc1. The standard InChI is InChI=1S/C24H36N2O/c1-19(2)16-21-9-11-22(12-10-21)20(3)17-24(27)26-15-7-8-23(26)18-25-13-5-4-6-14-25/h9-12,17,19,23H,4-8,13-16,18H2,1-3H3/b20-17-/t23-/m0/s1. The summed E-state index contributed by atoms with van der Waals surface area (Å²) in [5.74, 6) is 0.860. The third kappa shape index (κ3) is 5.68. The zero-order chi connectivity index (χ0) is 19.2. The summed E-state index contributed by atoms with van der Waals surface area (Å²) in [5, 5.41) is 0. The van der Waals surface area contributed by atoms with E-state index in [2.05, 4.69) is 54.8 Å². The molecule has 0 N–H and O–H groups in total. The second-order valence-electron chi connectivity index (χ2n) is 8.81. The third-order valence-electron chi connectivity index (χ3n) is 5.97. The van der Waals surface area contributed by atoms with Crippen molar-refractivity contribution >= 4 is 11.5 Å². The second kappa shape index (κ2) is 9.54. The van der Waals surface area contributed by atoms with Crippen molar-refractivity contribution in [3.05, 3.63) is 41.5 Å². The molecular weight excluding hydrogens is 332 g/mol. The first-order valence-corrected chi connectivity index (χ1v) is 10.8. The van der Waals surface area contributed by atoms with E-state index in [9.17, 15) is 4.79 Å². The molecular formula is C24H36N2O. The van der Waals surface area contributed by atoms with Crippen molar-refractivity contribution in [2.45, 2.75) is 65.3 Å². The van der Waals surface area contributed by atoms with Crippen LogP contribution in [0.5, 0.6) is 0 Å². The Balaban J connectivity index is 1.61. The van der Waals surface area contributed by atoms with E-state index in [4.69, 9.17) is 0 Å². The molecule has 1 atom stereocenters. The van der Waals surface area contributed by atoms with Gasteiger partial charge in [-0.05, 0) is 74.7 Å². The normalized spacial score (nSPS) is 21.9. The Labute approximate surface area is 165 Å². The van der Waals surface area contributed by atoms with Gasteiger partial charge in [-0.15, -0.1) is 0 Å². The number of benzene rings is 1. The Morgan fingerprint density at radius 3 is 2.44 bits per heavy atom. The number of carbonyl (C=O) groups is 1. The molecule has 2 heterocycles. The van der Waals surface area contributed by atoms with Crippen LogP contribution in [0.15, 0.2) is 30.3 Å². The van der Waals surface area contributed by atoms with E-state index < -0.39 is 0 Å². The van der Waals surface area contributed by atoms with Crippen LogP contribution in [0, 0.1) is 5.92 Å². The highest BCUT2D eigenvalue weighted by Crippen LogP contribution is 2.22. The molecule has 2 saturated heterocycles. The molecule has 2 fully saturated rings. The molecule has 3 rings (SSSR count). The Bertz CT molecular complexity index is 641. The van der Waals surface area contributed by atoms with Gasteiger partial charge in [0.05, 0.1) is 0 Å². The fourth-order valence-corrected chi connectivity index (χ4v) is 4.48. The van der Waals surface area contributed by atoms with E-state index in [1.165, 1.54) is 37.9 Å². The summed E-state index contributed by atoms with van der Waals surface area (Å²) in [6, 6.07) is 9.11. The van der Waals surface area contributed by atoms with Crippen LogP contribution in [0.25, 0.3) is 5.57 Å². The van der Waals surface area contributed by atoms with Crippen molar-refractivity contribution in [3.8, 4) is 0 Å². The van der Waals surface area contributed by atoms with Gasteiger partial charge in [-0.1, -0.05) is 44.5 Å². The largest absolute Gasteiger partial charge is 0.335 e. The van der Waals surface area contributed by atoms with Crippen LogP contribution < -0.4 is 0 Å². The molecule has 0 unspecified atom stereocenters. The predicted octanol–water partition coefficient (Wildman–Crippen LogP) is 4.77. The summed E-state index contributed by atoms with van der Waals surface area (Å²) in [6.45, 7) is 10.9. The van der Waals surface area contributed by atoms with Crippen LogP contribution in [-0.4, -0.2) is 47.9 Å². The Morgan fingerprint density at radius 1 is 1.07 bits per heavy atom. The minimum absolute atomic E-state index is 0.193. The van der Waals surface area contributed by atoms with Crippen LogP contribution in [0.4, 0.5) is 0 Å². The average Bonchev–Trinajstić information content (AvgIpc) is 3.11. The maximum atomic E-state index is 12.9. The van der Waals surface area contributed by atoms with Crippen molar-refractivity contribution in [2.24, 2.45) is 5.92 Å². The lowest BCUT2D eigenvalue weighted by Crippen LogP contribution is -2.44. The molecule has 1 amide bonds. The van der Waals surface area contributed by atoms with Crippen LogP contribution >= 0.6 is 0 Å². The van der Waals surface area contributed by atoms with E-state index in [0.717, 1.165) is 43.5 Å². The number of nitrogens with zero attached hydrogens (tertiary/aromatic N) is 2. The molecule has 148 valence electrons. The van der Waals surface area contributed by atoms with Gasteiger partial charge >= 0.3 is 0 Å². The van der Waals surface area contributed by atoms with Gasteiger partial charge in [-0.3, -0.25) is 4.79 Å². The third-order valence-corrected chi connectivity index (χ3v) is 5.97. The van der Waals surface area contributed by atoms with Gasteiger partial charge in [0.1, 0.15) is 0 Å². The predicted molar refractivity (Wildman–Crippen MR) is 114 cm³/mol. The number of carbonyl (C=O) groups excluding carboxylic acids is 1. The molecule has 0 radical (unpaired) electrons. The first kappa shape index (κ1) is 20.1. The summed E-state index contributed by atoms with van der Waals surface area (Å²) in [4.78, 5) is 17.6. The number of amides is 1. The fourth-order valence-electron chi connectivity index (χ4n) is 4.48. The minimum atomic E-state index is 0.193. The number of likely N-dealkylation sites (tertiary alicyclic amines) is 2. The van der Waals surface area contributed by atoms with Crippen LogP contribution in [0.2, 0.25) is 0 Å². The van der Waals surface area contributed by atoms with E-state index >= 15 is 0 Å². The monoisotopic (exact) mass is 368 g/mol. The van der Waals surface area contributed by atoms with Gasteiger partial charge in [0.25, 0.3) is 0 Å². The van der Waals surface area contributed by atoms with Crippen molar-refractivity contribution in [3.63, 3.8) is 0 Å².